The Bertz CT molecular complexity index is 1080. The molecule has 0 aliphatic rings. The molecule has 1 N–H and O–H groups in total. The van der Waals surface area contributed by atoms with Gasteiger partial charge in [0.05, 0.1) is 10.7 Å². The third kappa shape index (κ3) is 4.90. The largest absolute Gasteiger partial charge is 0.325 e. The van der Waals surface area contributed by atoms with E-state index in [1.165, 1.54) is 17.8 Å². The number of aromatic nitrogens is 3. The first-order valence-electron chi connectivity index (χ1n) is 8.44. The van der Waals surface area contributed by atoms with Crippen molar-refractivity contribution in [2.24, 2.45) is 0 Å². The summed E-state index contributed by atoms with van der Waals surface area (Å²) in [5, 5.41) is 22.8. The molecule has 0 aliphatic carbocycles. The van der Waals surface area contributed by atoms with Crippen LogP contribution in [0.2, 0.25) is 5.02 Å². The van der Waals surface area contributed by atoms with Gasteiger partial charge in [-0.2, -0.15) is 4.39 Å². The fourth-order valence-electron chi connectivity index (χ4n) is 2.58. The number of amides is 1. The van der Waals surface area contributed by atoms with Gasteiger partial charge in [0.25, 0.3) is 0 Å². The number of carbonyl (C=O) groups is 1. The fourth-order valence-corrected chi connectivity index (χ4v) is 3.57. The van der Waals surface area contributed by atoms with Crippen molar-refractivity contribution in [1.29, 1.82) is 0 Å². The van der Waals surface area contributed by atoms with Crippen LogP contribution in [0.15, 0.2) is 47.6 Å². The molecule has 0 spiro atoms. The van der Waals surface area contributed by atoms with Crippen molar-refractivity contribution in [2.45, 2.75) is 18.6 Å². The Morgan fingerprint density at radius 3 is 2.79 bits per heavy atom. The van der Waals surface area contributed by atoms with E-state index < -0.39 is 22.3 Å². The van der Waals surface area contributed by atoms with E-state index in [0.29, 0.717) is 22.5 Å². The first-order valence-corrected chi connectivity index (χ1v) is 9.81. The van der Waals surface area contributed by atoms with E-state index in [1.807, 2.05) is 23.6 Å². The summed E-state index contributed by atoms with van der Waals surface area (Å²) < 4.78 is 15.2. The van der Waals surface area contributed by atoms with Crippen LogP contribution in [-0.4, -0.2) is 31.3 Å². The molecule has 0 saturated heterocycles. The van der Waals surface area contributed by atoms with E-state index in [4.69, 9.17) is 11.6 Å². The molecule has 0 bridgehead atoms. The number of nitro groups is 1. The maximum atomic E-state index is 13.4. The topological polar surface area (TPSA) is 103 Å². The van der Waals surface area contributed by atoms with Crippen molar-refractivity contribution < 1.29 is 14.1 Å². The van der Waals surface area contributed by atoms with Crippen LogP contribution in [0.5, 0.6) is 0 Å². The summed E-state index contributed by atoms with van der Waals surface area (Å²) in [5.41, 5.74) is 0.245. The fraction of sp³-hybridized carbons (Fsp3) is 0.167. The molecule has 0 fully saturated rings. The van der Waals surface area contributed by atoms with Crippen LogP contribution in [0.1, 0.15) is 6.92 Å². The SMILES string of the molecule is CCn1c(SCC(=O)Nc2ccc(F)c([N+](=O)[O-])c2)nnc1-c1cccc(Cl)c1. The molecule has 0 atom stereocenters. The summed E-state index contributed by atoms with van der Waals surface area (Å²) in [4.78, 5) is 22.2. The number of benzene rings is 2. The van der Waals surface area contributed by atoms with E-state index in [2.05, 4.69) is 15.5 Å². The molecule has 0 saturated carbocycles. The molecule has 3 rings (SSSR count). The van der Waals surface area contributed by atoms with Crippen LogP contribution in [0.4, 0.5) is 15.8 Å². The molecule has 3 aromatic rings. The van der Waals surface area contributed by atoms with Gasteiger partial charge in [-0.25, -0.2) is 0 Å². The Morgan fingerprint density at radius 1 is 1.31 bits per heavy atom. The number of nitro benzene ring substituents is 1. The van der Waals surface area contributed by atoms with Gasteiger partial charge in [0, 0.05) is 28.9 Å². The summed E-state index contributed by atoms with van der Waals surface area (Å²) >= 11 is 7.20. The van der Waals surface area contributed by atoms with Crippen LogP contribution >= 0.6 is 23.4 Å². The second-order valence-electron chi connectivity index (χ2n) is 5.82. The highest BCUT2D eigenvalue weighted by atomic mass is 35.5. The molecular formula is C18H15ClFN5O3S. The van der Waals surface area contributed by atoms with Gasteiger partial charge in [0.2, 0.25) is 11.7 Å². The summed E-state index contributed by atoms with van der Waals surface area (Å²) in [6, 6.07) is 10.4. The zero-order valence-corrected chi connectivity index (χ0v) is 16.7. The first-order chi connectivity index (χ1) is 13.9. The molecule has 150 valence electrons. The number of rotatable bonds is 7. The Balaban J connectivity index is 1.69. The quantitative estimate of drug-likeness (QED) is 0.335. The van der Waals surface area contributed by atoms with Crippen LogP contribution in [0.25, 0.3) is 11.4 Å². The van der Waals surface area contributed by atoms with Gasteiger partial charge in [0.15, 0.2) is 11.0 Å². The minimum absolute atomic E-state index is 0.00114. The average molecular weight is 436 g/mol. The predicted molar refractivity (Wildman–Crippen MR) is 109 cm³/mol. The van der Waals surface area contributed by atoms with Gasteiger partial charge < -0.3 is 9.88 Å². The second-order valence-corrected chi connectivity index (χ2v) is 7.20. The number of nitrogens with zero attached hydrogens (tertiary/aromatic N) is 4. The van der Waals surface area contributed by atoms with Crippen molar-refractivity contribution in [2.75, 3.05) is 11.1 Å². The van der Waals surface area contributed by atoms with Gasteiger partial charge in [0.1, 0.15) is 0 Å². The molecule has 0 unspecified atom stereocenters. The minimum atomic E-state index is -0.966. The van der Waals surface area contributed by atoms with Crippen molar-refractivity contribution in [3.8, 4) is 11.4 Å². The van der Waals surface area contributed by atoms with Crippen LogP contribution in [-0.2, 0) is 11.3 Å². The molecule has 11 heteroatoms. The summed E-state index contributed by atoms with van der Waals surface area (Å²) in [6.07, 6.45) is 0. The van der Waals surface area contributed by atoms with Gasteiger partial charge in [-0.05, 0) is 31.2 Å². The number of hydrogen-bond donors (Lipinski definition) is 1. The first kappa shape index (κ1) is 20.7. The smallest absolute Gasteiger partial charge is 0.306 e. The Morgan fingerprint density at radius 2 is 2.10 bits per heavy atom. The highest BCUT2D eigenvalue weighted by Crippen LogP contribution is 2.26. The highest BCUT2D eigenvalue weighted by molar-refractivity contribution is 7.99. The Labute approximate surface area is 174 Å². The number of nitrogens with one attached hydrogen (secondary N) is 1. The van der Waals surface area contributed by atoms with Gasteiger partial charge in [-0.1, -0.05) is 35.5 Å². The third-order valence-electron chi connectivity index (χ3n) is 3.87. The van der Waals surface area contributed by atoms with E-state index in [1.54, 1.807) is 12.1 Å². The molecule has 1 amide bonds. The molecular weight excluding hydrogens is 421 g/mol. The van der Waals surface area contributed by atoms with Crippen molar-refractivity contribution >= 4 is 40.6 Å². The van der Waals surface area contributed by atoms with Crippen LogP contribution in [0.3, 0.4) is 0 Å². The Hall–Kier alpha value is -2.98. The maximum Gasteiger partial charge on any atom is 0.306 e. The molecule has 29 heavy (non-hydrogen) atoms. The van der Waals surface area contributed by atoms with E-state index in [0.717, 1.165) is 17.7 Å². The zero-order chi connectivity index (χ0) is 21.0. The Kier molecular flexibility index (Phi) is 6.45. The molecule has 1 aromatic heterocycles. The minimum Gasteiger partial charge on any atom is -0.325 e. The van der Waals surface area contributed by atoms with Crippen molar-refractivity contribution in [1.82, 2.24) is 14.8 Å². The highest BCUT2D eigenvalue weighted by Gasteiger charge is 2.17. The van der Waals surface area contributed by atoms with E-state index in [9.17, 15) is 19.3 Å². The van der Waals surface area contributed by atoms with Gasteiger partial charge >= 0.3 is 5.69 Å². The lowest BCUT2D eigenvalue weighted by atomic mass is 10.2. The summed E-state index contributed by atoms with van der Waals surface area (Å²) in [6.45, 7) is 2.52. The monoisotopic (exact) mass is 435 g/mol. The lowest BCUT2D eigenvalue weighted by molar-refractivity contribution is -0.387. The number of halogens is 2. The standard InChI is InChI=1S/C18H15ClFN5O3S/c1-2-24-17(11-4-3-5-12(19)8-11)22-23-18(24)29-10-16(26)21-13-6-7-14(20)15(9-13)25(27)28/h3-9H,2,10H2,1H3,(H,21,26). The van der Waals surface area contributed by atoms with E-state index >= 15 is 0 Å². The molecule has 8 nitrogen and oxygen atoms in total. The predicted octanol–water partition coefficient (Wildman–Crippen LogP) is 4.40. The molecule has 1 heterocycles. The van der Waals surface area contributed by atoms with Crippen LogP contribution < -0.4 is 5.32 Å². The lowest BCUT2D eigenvalue weighted by Crippen LogP contribution is -2.15. The summed E-state index contributed by atoms with van der Waals surface area (Å²) in [7, 11) is 0. The van der Waals surface area contributed by atoms with Gasteiger partial charge in [-0.15, -0.1) is 10.2 Å². The number of thioether (sulfide) groups is 1. The van der Waals surface area contributed by atoms with Crippen LogP contribution in [0, 0.1) is 15.9 Å². The van der Waals surface area contributed by atoms with Crippen molar-refractivity contribution in [3.05, 3.63) is 63.4 Å². The lowest BCUT2D eigenvalue weighted by Gasteiger charge is -2.08. The maximum absolute atomic E-state index is 13.4. The number of carbonyl (C=O) groups excluding carboxylic acids is 1. The molecule has 0 aliphatic heterocycles. The zero-order valence-electron chi connectivity index (χ0n) is 15.1. The third-order valence-corrected chi connectivity index (χ3v) is 5.08. The average Bonchev–Trinajstić information content (AvgIpc) is 3.10. The van der Waals surface area contributed by atoms with Crippen molar-refractivity contribution in [3.63, 3.8) is 0 Å². The van der Waals surface area contributed by atoms with E-state index in [-0.39, 0.29) is 11.4 Å². The summed E-state index contributed by atoms with van der Waals surface area (Å²) in [5.74, 6) is -0.747. The number of anilines is 1. The normalized spacial score (nSPS) is 10.7. The molecule has 0 radical (unpaired) electrons. The second kappa shape index (κ2) is 9.01. The van der Waals surface area contributed by atoms with Gasteiger partial charge in [-0.3, -0.25) is 14.9 Å². The number of hydrogen-bond acceptors (Lipinski definition) is 6. The molecule has 2 aromatic carbocycles.